The molecular weight excluding hydrogens is 456 g/mol. The van der Waals surface area contributed by atoms with E-state index in [-0.39, 0.29) is 17.9 Å². The van der Waals surface area contributed by atoms with Crippen LogP contribution in [0.15, 0.2) is 64.2 Å². The van der Waals surface area contributed by atoms with Gasteiger partial charge in [-0.15, -0.1) is 0 Å². The van der Waals surface area contributed by atoms with Gasteiger partial charge in [-0.05, 0) is 62.2 Å². The molecule has 166 valence electrons. The summed E-state index contributed by atoms with van der Waals surface area (Å²) in [6.45, 7) is 6.26. The van der Waals surface area contributed by atoms with Crippen LogP contribution in [0.5, 0.6) is 0 Å². The van der Waals surface area contributed by atoms with Crippen molar-refractivity contribution in [3.05, 3.63) is 70.2 Å². The molecule has 1 atom stereocenters. The third-order valence-electron chi connectivity index (χ3n) is 5.04. The van der Waals surface area contributed by atoms with Gasteiger partial charge in [0.15, 0.2) is 0 Å². The number of nitrogens with one attached hydrogen (secondary N) is 2. The maximum atomic E-state index is 12.8. The molecule has 7 heteroatoms. The molecule has 31 heavy (non-hydrogen) atoms. The molecule has 0 heterocycles. The summed E-state index contributed by atoms with van der Waals surface area (Å²) in [5.74, 6) is -0.175. The lowest BCUT2D eigenvalue weighted by atomic mass is 10.1. The van der Waals surface area contributed by atoms with Crippen LogP contribution in [0.25, 0.3) is 0 Å². The molecule has 2 aromatic carbocycles. The topological polar surface area (TPSA) is 73.8 Å². The summed E-state index contributed by atoms with van der Waals surface area (Å²) >= 11 is 3.40. The Labute approximate surface area is 193 Å². The zero-order chi connectivity index (χ0) is 22.5. The summed E-state index contributed by atoms with van der Waals surface area (Å²) in [4.78, 5) is 27.0. The molecular formula is C24H31BrN4O2. The predicted octanol–water partition coefficient (Wildman–Crippen LogP) is 4.21. The smallest absolute Gasteiger partial charge is 0.257 e. The van der Waals surface area contributed by atoms with Crippen molar-refractivity contribution >= 4 is 34.0 Å². The first-order valence-electron chi connectivity index (χ1n) is 10.7. The van der Waals surface area contributed by atoms with Gasteiger partial charge in [0.2, 0.25) is 0 Å². The third-order valence-corrected chi connectivity index (χ3v) is 5.57. The molecule has 0 bridgehead atoms. The van der Waals surface area contributed by atoms with Crippen LogP contribution >= 0.6 is 15.9 Å². The van der Waals surface area contributed by atoms with Crippen molar-refractivity contribution in [1.82, 2.24) is 15.6 Å². The van der Waals surface area contributed by atoms with Crippen LogP contribution in [0.4, 0.5) is 0 Å². The van der Waals surface area contributed by atoms with Crippen molar-refractivity contribution in [2.24, 2.45) is 5.10 Å². The predicted molar refractivity (Wildman–Crippen MR) is 129 cm³/mol. The second kappa shape index (κ2) is 13.7. The maximum Gasteiger partial charge on any atom is 0.257 e. The number of benzene rings is 2. The Hall–Kier alpha value is -2.51. The summed E-state index contributed by atoms with van der Waals surface area (Å²) in [5.41, 5.74) is 4.26. The van der Waals surface area contributed by atoms with Crippen LogP contribution in [0.3, 0.4) is 0 Å². The summed E-state index contributed by atoms with van der Waals surface area (Å²) in [6, 6.07) is 16.6. The highest BCUT2D eigenvalue weighted by atomic mass is 79.9. The van der Waals surface area contributed by atoms with Gasteiger partial charge in [0.1, 0.15) is 0 Å². The van der Waals surface area contributed by atoms with E-state index in [9.17, 15) is 9.59 Å². The first-order chi connectivity index (χ1) is 15.0. The second-order valence-corrected chi connectivity index (χ2v) is 8.06. The standard InChI is InChI=1S/C24H31BrN4O2/c1-3-29(4-2)22(24(31)28-27-18-19-13-15-21(25)16-14-19)12-8-9-17-26-23(30)20-10-6-5-7-11-20/h5-7,10-11,13-16,18,22H,3-4,8-9,12,17H2,1-2H3,(H,26,30)(H,28,31). The molecule has 2 amide bonds. The molecule has 0 aliphatic rings. The van der Waals surface area contributed by atoms with E-state index in [1.54, 1.807) is 18.3 Å². The highest BCUT2D eigenvalue weighted by Crippen LogP contribution is 2.11. The largest absolute Gasteiger partial charge is 0.352 e. The van der Waals surface area contributed by atoms with Crippen molar-refractivity contribution in [1.29, 1.82) is 0 Å². The summed E-state index contributed by atoms with van der Waals surface area (Å²) < 4.78 is 0.996. The van der Waals surface area contributed by atoms with Gasteiger partial charge in [-0.1, -0.05) is 60.1 Å². The number of hydrogen-bond acceptors (Lipinski definition) is 4. The number of amides is 2. The van der Waals surface area contributed by atoms with Crippen LogP contribution in [-0.2, 0) is 4.79 Å². The van der Waals surface area contributed by atoms with E-state index in [4.69, 9.17) is 0 Å². The lowest BCUT2D eigenvalue weighted by Crippen LogP contribution is -2.45. The molecule has 0 aliphatic heterocycles. The highest BCUT2D eigenvalue weighted by Gasteiger charge is 2.23. The van der Waals surface area contributed by atoms with Crippen molar-refractivity contribution in [3.63, 3.8) is 0 Å². The fraction of sp³-hybridized carbons (Fsp3) is 0.375. The highest BCUT2D eigenvalue weighted by molar-refractivity contribution is 9.10. The van der Waals surface area contributed by atoms with Crippen molar-refractivity contribution in [2.45, 2.75) is 39.2 Å². The zero-order valence-electron chi connectivity index (χ0n) is 18.2. The monoisotopic (exact) mass is 486 g/mol. The molecule has 0 radical (unpaired) electrons. The number of carbonyl (C=O) groups excluding carboxylic acids is 2. The van der Waals surface area contributed by atoms with Crippen LogP contribution in [0, 0.1) is 0 Å². The van der Waals surface area contributed by atoms with Gasteiger partial charge in [-0.2, -0.15) is 5.10 Å². The van der Waals surface area contributed by atoms with Gasteiger partial charge in [0.05, 0.1) is 12.3 Å². The number of rotatable bonds is 12. The van der Waals surface area contributed by atoms with Crippen molar-refractivity contribution < 1.29 is 9.59 Å². The molecule has 1 unspecified atom stereocenters. The van der Waals surface area contributed by atoms with Gasteiger partial charge in [-0.25, -0.2) is 5.43 Å². The zero-order valence-corrected chi connectivity index (χ0v) is 19.8. The molecule has 0 saturated carbocycles. The average molecular weight is 487 g/mol. The quantitative estimate of drug-likeness (QED) is 0.268. The fourth-order valence-electron chi connectivity index (χ4n) is 3.29. The maximum absolute atomic E-state index is 12.8. The summed E-state index contributed by atoms with van der Waals surface area (Å²) in [7, 11) is 0. The van der Waals surface area contributed by atoms with E-state index in [1.807, 2.05) is 42.5 Å². The normalized spacial score (nSPS) is 12.1. The lowest BCUT2D eigenvalue weighted by molar-refractivity contribution is -0.126. The number of halogens is 1. The molecule has 2 rings (SSSR count). The number of nitrogens with zero attached hydrogens (tertiary/aromatic N) is 2. The van der Waals surface area contributed by atoms with Crippen LogP contribution in [0.1, 0.15) is 49.0 Å². The van der Waals surface area contributed by atoms with E-state index in [2.05, 4.69) is 50.5 Å². The van der Waals surface area contributed by atoms with E-state index >= 15 is 0 Å². The van der Waals surface area contributed by atoms with E-state index in [1.165, 1.54) is 0 Å². The van der Waals surface area contributed by atoms with E-state index in [0.29, 0.717) is 18.5 Å². The Balaban J connectivity index is 1.81. The Bertz CT molecular complexity index is 836. The Kier molecular flexibility index (Phi) is 11.0. The SMILES string of the molecule is CCN(CC)C(CCCCNC(=O)c1ccccc1)C(=O)NN=Cc1ccc(Br)cc1. The van der Waals surface area contributed by atoms with Gasteiger partial charge >= 0.3 is 0 Å². The number of unbranched alkanes of at least 4 members (excludes halogenated alkanes) is 1. The number of hydrogen-bond donors (Lipinski definition) is 2. The van der Waals surface area contributed by atoms with Gasteiger partial charge in [0.25, 0.3) is 11.8 Å². The molecule has 0 fully saturated rings. The fourth-order valence-corrected chi connectivity index (χ4v) is 3.56. The minimum atomic E-state index is -0.248. The van der Waals surface area contributed by atoms with Gasteiger partial charge in [-0.3, -0.25) is 14.5 Å². The van der Waals surface area contributed by atoms with Crippen molar-refractivity contribution in [3.8, 4) is 0 Å². The molecule has 0 saturated heterocycles. The van der Waals surface area contributed by atoms with Crippen LogP contribution in [0.2, 0.25) is 0 Å². The minimum Gasteiger partial charge on any atom is -0.352 e. The van der Waals surface area contributed by atoms with E-state index in [0.717, 1.165) is 36.0 Å². The van der Waals surface area contributed by atoms with Gasteiger partial charge < -0.3 is 5.32 Å². The first kappa shape index (κ1) is 24.8. The molecule has 0 spiro atoms. The number of carbonyl (C=O) groups is 2. The summed E-state index contributed by atoms with van der Waals surface area (Å²) in [6.07, 6.45) is 4.00. The molecule has 0 aromatic heterocycles. The first-order valence-corrected chi connectivity index (χ1v) is 11.5. The Morgan fingerprint density at radius 3 is 2.35 bits per heavy atom. The van der Waals surface area contributed by atoms with Crippen LogP contribution in [-0.4, -0.2) is 48.6 Å². The second-order valence-electron chi connectivity index (χ2n) is 7.14. The Morgan fingerprint density at radius 1 is 1.03 bits per heavy atom. The van der Waals surface area contributed by atoms with Gasteiger partial charge in [0, 0.05) is 16.6 Å². The van der Waals surface area contributed by atoms with Crippen molar-refractivity contribution in [2.75, 3.05) is 19.6 Å². The average Bonchev–Trinajstić information content (AvgIpc) is 2.80. The lowest BCUT2D eigenvalue weighted by Gasteiger charge is -2.28. The number of hydrazone groups is 1. The van der Waals surface area contributed by atoms with E-state index < -0.39 is 0 Å². The minimum absolute atomic E-state index is 0.0686. The molecule has 2 N–H and O–H groups in total. The molecule has 6 nitrogen and oxygen atoms in total. The summed E-state index contributed by atoms with van der Waals surface area (Å²) in [5, 5.41) is 7.06. The third kappa shape index (κ3) is 8.63. The van der Waals surface area contributed by atoms with Crippen LogP contribution < -0.4 is 10.7 Å². The number of likely N-dealkylation sites (N-methyl/N-ethyl adjacent to an activating group) is 1. The molecule has 0 aliphatic carbocycles. The Morgan fingerprint density at radius 2 is 1.71 bits per heavy atom. The molecule has 2 aromatic rings.